The number of benzene rings is 1. The second-order valence-electron chi connectivity index (χ2n) is 2.76. The zero-order valence-corrected chi connectivity index (χ0v) is 8.42. The molecule has 0 saturated carbocycles. The second-order valence-corrected chi connectivity index (χ2v) is 2.76. The summed E-state index contributed by atoms with van der Waals surface area (Å²) in [7, 11) is 0. The van der Waals surface area contributed by atoms with E-state index in [9.17, 15) is 9.18 Å². The lowest BCUT2D eigenvalue weighted by atomic mass is 10.2. The number of carbonyl (C=O) groups is 1. The highest BCUT2D eigenvalue weighted by molar-refractivity contribution is 5.72. The van der Waals surface area contributed by atoms with Gasteiger partial charge in [-0.05, 0) is 19.1 Å². The summed E-state index contributed by atoms with van der Waals surface area (Å²) in [6.07, 6.45) is -0.0117. The van der Waals surface area contributed by atoms with Gasteiger partial charge in [0.1, 0.15) is 12.2 Å². The number of hydrogen-bond donors (Lipinski definition) is 0. The molecule has 2 nitrogen and oxygen atoms in total. The zero-order valence-electron chi connectivity index (χ0n) is 8.42. The molecule has 0 spiro atoms. The van der Waals surface area contributed by atoms with E-state index in [-0.39, 0.29) is 18.2 Å². The first kappa shape index (κ1) is 11.3. The van der Waals surface area contributed by atoms with E-state index in [4.69, 9.17) is 0 Å². The topological polar surface area (TPSA) is 26.3 Å². The van der Waals surface area contributed by atoms with Gasteiger partial charge in [0.15, 0.2) is 0 Å². The average Bonchev–Trinajstić information content (AvgIpc) is 2.21. The molecule has 3 heteroatoms. The second kappa shape index (κ2) is 5.82. The van der Waals surface area contributed by atoms with Crippen LogP contribution in [-0.4, -0.2) is 12.6 Å². The molecule has 78 valence electrons. The van der Waals surface area contributed by atoms with E-state index in [0.29, 0.717) is 12.2 Å². The van der Waals surface area contributed by atoms with Crippen LogP contribution in [0.5, 0.6) is 0 Å². The first-order chi connectivity index (χ1) is 7.24. The molecular formula is C12H11FO2. The molecule has 0 heterocycles. The van der Waals surface area contributed by atoms with E-state index < -0.39 is 0 Å². The van der Waals surface area contributed by atoms with Crippen molar-refractivity contribution in [1.29, 1.82) is 0 Å². The standard InChI is InChI=1S/C12H11FO2/c1-2-15-12(14)9-5-7-10-6-3-4-8-11(10)13/h3-4,6,8H,2,9H2,1H3. The van der Waals surface area contributed by atoms with E-state index in [1.54, 1.807) is 25.1 Å². The van der Waals surface area contributed by atoms with Gasteiger partial charge < -0.3 is 4.74 Å². The smallest absolute Gasteiger partial charge is 0.317 e. The van der Waals surface area contributed by atoms with Crippen molar-refractivity contribution in [2.24, 2.45) is 0 Å². The number of ether oxygens (including phenoxy) is 1. The van der Waals surface area contributed by atoms with Gasteiger partial charge in [0.2, 0.25) is 0 Å². The summed E-state index contributed by atoms with van der Waals surface area (Å²) >= 11 is 0. The Balaban J connectivity index is 2.59. The summed E-state index contributed by atoms with van der Waals surface area (Å²) in [6.45, 7) is 2.06. The van der Waals surface area contributed by atoms with Crippen LogP contribution in [0.25, 0.3) is 0 Å². The van der Waals surface area contributed by atoms with Gasteiger partial charge >= 0.3 is 5.97 Å². The molecule has 0 N–H and O–H groups in total. The molecule has 0 amide bonds. The molecule has 1 aromatic carbocycles. The highest BCUT2D eigenvalue weighted by Crippen LogP contribution is 2.03. The van der Waals surface area contributed by atoms with Crippen LogP contribution < -0.4 is 0 Å². The van der Waals surface area contributed by atoms with Crippen LogP contribution in [0, 0.1) is 17.7 Å². The Kier molecular flexibility index (Phi) is 4.36. The maximum absolute atomic E-state index is 13.0. The third kappa shape index (κ3) is 3.82. The van der Waals surface area contributed by atoms with E-state index >= 15 is 0 Å². The fourth-order valence-corrected chi connectivity index (χ4v) is 0.986. The first-order valence-corrected chi connectivity index (χ1v) is 4.63. The largest absolute Gasteiger partial charge is 0.465 e. The van der Waals surface area contributed by atoms with Crippen LogP contribution in [-0.2, 0) is 9.53 Å². The minimum Gasteiger partial charge on any atom is -0.465 e. The maximum Gasteiger partial charge on any atom is 0.317 e. The van der Waals surface area contributed by atoms with Crippen molar-refractivity contribution in [3.8, 4) is 11.8 Å². The summed E-state index contributed by atoms with van der Waals surface area (Å²) in [4.78, 5) is 10.9. The van der Waals surface area contributed by atoms with Gasteiger partial charge in [-0.25, -0.2) is 4.39 Å². The molecule has 0 bridgehead atoms. The monoisotopic (exact) mass is 206 g/mol. The predicted octanol–water partition coefficient (Wildman–Crippen LogP) is 2.13. The molecule has 1 aromatic rings. The van der Waals surface area contributed by atoms with E-state index in [1.165, 1.54) is 6.07 Å². The van der Waals surface area contributed by atoms with Crippen LogP contribution >= 0.6 is 0 Å². The Hall–Kier alpha value is -1.82. The van der Waals surface area contributed by atoms with Gasteiger partial charge in [-0.3, -0.25) is 4.79 Å². The molecule has 0 unspecified atom stereocenters. The van der Waals surface area contributed by atoms with Gasteiger partial charge in [0.05, 0.1) is 12.2 Å². The molecular weight excluding hydrogens is 195 g/mol. The third-order valence-electron chi connectivity index (χ3n) is 1.63. The maximum atomic E-state index is 13.0. The Morgan fingerprint density at radius 3 is 2.87 bits per heavy atom. The molecule has 0 aliphatic carbocycles. The van der Waals surface area contributed by atoms with Gasteiger partial charge in [-0.15, -0.1) is 0 Å². The van der Waals surface area contributed by atoms with Crippen LogP contribution in [0.1, 0.15) is 18.9 Å². The fourth-order valence-electron chi connectivity index (χ4n) is 0.986. The molecule has 0 radical (unpaired) electrons. The minimum absolute atomic E-state index is 0.0117. The van der Waals surface area contributed by atoms with Crippen LogP contribution in [0.3, 0.4) is 0 Å². The van der Waals surface area contributed by atoms with Gasteiger partial charge in [0, 0.05) is 0 Å². The Morgan fingerprint density at radius 1 is 1.47 bits per heavy atom. The van der Waals surface area contributed by atoms with E-state index in [0.717, 1.165) is 0 Å². The Bertz CT molecular complexity index is 402. The van der Waals surface area contributed by atoms with Crippen molar-refractivity contribution < 1.29 is 13.9 Å². The first-order valence-electron chi connectivity index (χ1n) is 4.63. The molecule has 0 atom stereocenters. The van der Waals surface area contributed by atoms with Crippen LogP contribution in [0.4, 0.5) is 4.39 Å². The van der Waals surface area contributed by atoms with Crippen molar-refractivity contribution >= 4 is 5.97 Å². The van der Waals surface area contributed by atoms with Crippen molar-refractivity contribution in [2.45, 2.75) is 13.3 Å². The molecule has 15 heavy (non-hydrogen) atoms. The molecule has 0 fully saturated rings. The Labute approximate surface area is 88.1 Å². The average molecular weight is 206 g/mol. The highest BCUT2D eigenvalue weighted by Gasteiger charge is 1.97. The lowest BCUT2D eigenvalue weighted by Gasteiger charge is -1.95. The van der Waals surface area contributed by atoms with Gasteiger partial charge in [-0.1, -0.05) is 24.0 Å². The Morgan fingerprint density at radius 2 is 2.20 bits per heavy atom. The summed E-state index contributed by atoms with van der Waals surface area (Å²) in [5.74, 6) is 4.37. The van der Waals surface area contributed by atoms with Crippen molar-refractivity contribution in [3.05, 3.63) is 35.6 Å². The van der Waals surface area contributed by atoms with Gasteiger partial charge in [-0.2, -0.15) is 0 Å². The normalized spacial score (nSPS) is 8.93. The zero-order chi connectivity index (χ0) is 11.1. The quantitative estimate of drug-likeness (QED) is 0.547. The summed E-state index contributed by atoms with van der Waals surface area (Å²) in [5, 5.41) is 0. The molecule has 0 aromatic heterocycles. The summed E-state index contributed by atoms with van der Waals surface area (Å²) in [6, 6.07) is 6.17. The number of halogens is 1. The molecule has 1 rings (SSSR count). The summed E-state index contributed by atoms with van der Waals surface area (Å²) in [5.41, 5.74) is 0.293. The van der Waals surface area contributed by atoms with Crippen molar-refractivity contribution in [1.82, 2.24) is 0 Å². The van der Waals surface area contributed by atoms with Crippen LogP contribution in [0.15, 0.2) is 24.3 Å². The van der Waals surface area contributed by atoms with Crippen LogP contribution in [0.2, 0.25) is 0 Å². The van der Waals surface area contributed by atoms with Gasteiger partial charge in [0.25, 0.3) is 0 Å². The van der Waals surface area contributed by atoms with E-state index in [1.807, 2.05) is 0 Å². The fraction of sp³-hybridized carbons (Fsp3) is 0.250. The van der Waals surface area contributed by atoms with E-state index in [2.05, 4.69) is 16.6 Å². The van der Waals surface area contributed by atoms with Crippen molar-refractivity contribution in [3.63, 3.8) is 0 Å². The SMILES string of the molecule is CCOC(=O)CC#Cc1ccccc1F. The lowest BCUT2D eigenvalue weighted by Crippen LogP contribution is -2.01. The number of rotatable bonds is 2. The molecule has 0 aliphatic rings. The third-order valence-corrected chi connectivity index (χ3v) is 1.63. The number of hydrogen-bond acceptors (Lipinski definition) is 2. The molecule has 0 aliphatic heterocycles. The summed E-state index contributed by atoms with van der Waals surface area (Å²) < 4.78 is 17.7. The molecule has 0 saturated heterocycles. The lowest BCUT2D eigenvalue weighted by molar-refractivity contribution is -0.141. The van der Waals surface area contributed by atoms with Crippen molar-refractivity contribution in [2.75, 3.05) is 6.61 Å². The number of esters is 1. The number of carbonyl (C=O) groups excluding carboxylic acids is 1. The highest BCUT2D eigenvalue weighted by atomic mass is 19.1. The minimum atomic E-state index is -0.388. The predicted molar refractivity (Wildman–Crippen MR) is 54.5 cm³/mol.